The van der Waals surface area contributed by atoms with Crippen LogP contribution in [-0.4, -0.2) is 75.5 Å². The molecule has 0 saturated carbocycles. The van der Waals surface area contributed by atoms with Crippen LogP contribution < -0.4 is 5.11 Å². The molecule has 0 aliphatic heterocycles. The van der Waals surface area contributed by atoms with Gasteiger partial charge >= 0.3 is 11.9 Å². The van der Waals surface area contributed by atoms with E-state index >= 15 is 0 Å². The third kappa shape index (κ3) is 36.7. The van der Waals surface area contributed by atoms with E-state index in [1.807, 2.05) is 0 Å². The molecule has 0 amide bonds. The number of carboxylic acids is 1. The molecule has 0 heterocycles. The predicted molar refractivity (Wildman–Crippen MR) is 226 cm³/mol. The summed E-state index contributed by atoms with van der Waals surface area (Å²) in [6.45, 7) is 4.51. The van der Waals surface area contributed by atoms with Crippen molar-refractivity contribution in [2.75, 3.05) is 41.0 Å². The van der Waals surface area contributed by atoms with Crippen LogP contribution in [0.1, 0.15) is 181 Å². The lowest BCUT2D eigenvalue weighted by Gasteiger charge is -2.34. The summed E-state index contributed by atoms with van der Waals surface area (Å²) in [6, 6.07) is -0.725. The number of carbonyl (C=O) groups excluding carboxylic acids is 3. The molecule has 0 bridgehead atoms. The molecule has 318 valence electrons. The van der Waals surface area contributed by atoms with Crippen molar-refractivity contribution in [3.05, 3.63) is 48.6 Å². The quantitative estimate of drug-likeness (QED) is 0.0265. The number of likely N-dealkylation sites (N-methyl/N-ethyl adjacent to an activating group) is 1. The second kappa shape index (κ2) is 38.2. The zero-order chi connectivity index (χ0) is 40.7. The molecular weight excluding hydrogens is 691 g/mol. The van der Waals surface area contributed by atoms with Crippen LogP contribution in [0.15, 0.2) is 48.6 Å². The summed E-state index contributed by atoms with van der Waals surface area (Å²) in [6.07, 6.45) is 44.3. The van der Waals surface area contributed by atoms with Gasteiger partial charge in [0.25, 0.3) is 0 Å². The third-order valence-electron chi connectivity index (χ3n) is 9.73. The molecule has 0 aromatic rings. The van der Waals surface area contributed by atoms with E-state index in [2.05, 4.69) is 62.5 Å². The lowest BCUT2D eigenvalue weighted by Crippen LogP contribution is -2.55. The van der Waals surface area contributed by atoms with Gasteiger partial charge < -0.3 is 28.6 Å². The highest BCUT2D eigenvalue weighted by atomic mass is 16.6. The minimum absolute atomic E-state index is 0.0398. The second-order valence-electron chi connectivity index (χ2n) is 15.9. The first-order chi connectivity index (χ1) is 26.6. The minimum atomic E-state index is -1.13. The zero-order valence-electron chi connectivity index (χ0n) is 36.1. The molecule has 0 spiro atoms. The van der Waals surface area contributed by atoms with E-state index in [1.54, 1.807) is 21.1 Å². The summed E-state index contributed by atoms with van der Waals surface area (Å²) < 4.78 is 17.1. The Bertz CT molecular complexity index is 1040. The number of esters is 2. The van der Waals surface area contributed by atoms with Gasteiger partial charge in [-0.1, -0.05) is 159 Å². The highest BCUT2D eigenvalue weighted by Crippen LogP contribution is 2.14. The molecule has 0 fully saturated rings. The summed E-state index contributed by atoms with van der Waals surface area (Å²) >= 11 is 0. The molecule has 55 heavy (non-hydrogen) atoms. The van der Waals surface area contributed by atoms with Crippen molar-refractivity contribution in [1.82, 2.24) is 0 Å². The van der Waals surface area contributed by atoms with Crippen molar-refractivity contribution in [2.45, 2.75) is 193 Å². The Kier molecular flexibility index (Phi) is 36.3. The molecule has 8 heteroatoms. The van der Waals surface area contributed by atoms with Gasteiger partial charge in [-0.05, 0) is 51.4 Å². The van der Waals surface area contributed by atoms with Crippen LogP contribution in [0.3, 0.4) is 0 Å². The van der Waals surface area contributed by atoms with Gasteiger partial charge in [0.2, 0.25) is 0 Å². The fourth-order valence-corrected chi connectivity index (χ4v) is 6.30. The van der Waals surface area contributed by atoms with Gasteiger partial charge in [-0.25, -0.2) is 0 Å². The van der Waals surface area contributed by atoms with Gasteiger partial charge in [0, 0.05) is 19.3 Å². The van der Waals surface area contributed by atoms with Gasteiger partial charge in [0.05, 0.1) is 40.3 Å². The molecule has 0 aliphatic carbocycles. The van der Waals surface area contributed by atoms with Crippen LogP contribution in [0.25, 0.3) is 0 Å². The Morgan fingerprint density at radius 3 is 1.51 bits per heavy atom. The molecule has 0 rings (SSSR count). The number of unbranched alkanes of at least 4 members (excludes halogenated alkanes) is 17. The van der Waals surface area contributed by atoms with E-state index in [4.69, 9.17) is 14.2 Å². The average Bonchev–Trinajstić information content (AvgIpc) is 3.14. The Labute approximate surface area is 337 Å². The van der Waals surface area contributed by atoms with Crippen molar-refractivity contribution >= 4 is 17.9 Å². The van der Waals surface area contributed by atoms with Crippen molar-refractivity contribution in [2.24, 2.45) is 0 Å². The molecule has 0 N–H and O–H groups in total. The monoisotopic (exact) mass is 774 g/mol. The number of rotatable bonds is 39. The van der Waals surface area contributed by atoms with Crippen LogP contribution >= 0.6 is 0 Å². The summed E-state index contributed by atoms with van der Waals surface area (Å²) in [5.74, 6) is -1.74. The molecule has 0 radical (unpaired) electrons. The number of ether oxygens (including phenoxy) is 3. The van der Waals surface area contributed by atoms with Crippen LogP contribution in [0.2, 0.25) is 0 Å². The summed E-state index contributed by atoms with van der Waals surface area (Å²) in [5.41, 5.74) is 0. The van der Waals surface area contributed by atoms with E-state index in [1.165, 1.54) is 83.5 Å². The Balaban J connectivity index is 4.20. The van der Waals surface area contributed by atoms with Gasteiger partial charge in [-0.3, -0.25) is 9.59 Å². The molecule has 0 aliphatic rings. The lowest BCUT2D eigenvalue weighted by molar-refractivity contribution is -0.889. The van der Waals surface area contributed by atoms with Gasteiger partial charge in [-0.15, -0.1) is 0 Å². The maximum absolute atomic E-state index is 12.7. The number of allylic oxidation sites excluding steroid dienone is 8. The Morgan fingerprint density at radius 2 is 1.02 bits per heavy atom. The smallest absolute Gasteiger partial charge is 0.306 e. The summed E-state index contributed by atoms with van der Waals surface area (Å²) in [4.78, 5) is 36.7. The van der Waals surface area contributed by atoms with Crippen molar-refractivity contribution in [3.8, 4) is 0 Å². The number of carboxylic acid groups (broad SMARTS) is 1. The van der Waals surface area contributed by atoms with Crippen molar-refractivity contribution in [3.63, 3.8) is 0 Å². The van der Waals surface area contributed by atoms with Crippen LogP contribution in [0.4, 0.5) is 0 Å². The molecule has 8 nitrogen and oxygen atoms in total. The molecule has 0 saturated heterocycles. The van der Waals surface area contributed by atoms with Crippen molar-refractivity contribution < 1.29 is 38.2 Å². The highest BCUT2D eigenvalue weighted by Gasteiger charge is 2.25. The SMILES string of the molecule is CC/C=C\C/C=C\C/C=C\C/C=C\CCCCCCCCCCCCC(=O)OC(COCCC(C(=O)[O-])[N+](C)(C)C)COC(=O)CCCCCCCCCC. The van der Waals surface area contributed by atoms with E-state index in [0.717, 1.165) is 64.2 Å². The molecule has 0 aromatic carbocycles. The topological polar surface area (TPSA) is 102 Å². The second-order valence-corrected chi connectivity index (χ2v) is 15.9. The molecular formula is C47H83NO7. The largest absolute Gasteiger partial charge is 0.544 e. The normalized spacial score (nSPS) is 13.4. The van der Waals surface area contributed by atoms with E-state index < -0.39 is 18.1 Å². The summed E-state index contributed by atoms with van der Waals surface area (Å²) in [5, 5.41) is 11.6. The average molecular weight is 774 g/mol. The zero-order valence-corrected chi connectivity index (χ0v) is 36.1. The molecule has 2 unspecified atom stereocenters. The first-order valence-corrected chi connectivity index (χ1v) is 22.2. The standard InChI is InChI=1S/C47H83NO7/c1-6-8-10-12-14-16-17-18-19-20-21-22-23-24-25-26-27-28-29-30-32-34-36-38-46(50)55-43(41-53-40-39-44(47(51)52)48(3,4)5)42-54-45(49)37-35-33-31-15-13-11-9-7-2/h8,10,14,16,18-19,21-22,43-44H,6-7,9,11-13,15,17,20,23-42H2,1-5H3/b10-8-,16-14-,19-18-,22-21-. The van der Waals surface area contributed by atoms with Crippen LogP contribution in [0, 0.1) is 0 Å². The van der Waals surface area contributed by atoms with E-state index in [9.17, 15) is 19.5 Å². The number of quaternary nitrogens is 1. The lowest BCUT2D eigenvalue weighted by atomic mass is 10.0. The Morgan fingerprint density at radius 1 is 0.564 bits per heavy atom. The first kappa shape index (κ1) is 52.3. The van der Waals surface area contributed by atoms with Crippen LogP contribution in [0.5, 0.6) is 0 Å². The molecule has 2 atom stereocenters. The fourth-order valence-electron chi connectivity index (χ4n) is 6.30. The number of aliphatic carboxylic acids is 1. The first-order valence-electron chi connectivity index (χ1n) is 22.2. The fraction of sp³-hybridized carbons (Fsp3) is 0.766. The third-order valence-corrected chi connectivity index (χ3v) is 9.73. The number of carbonyl (C=O) groups is 3. The van der Waals surface area contributed by atoms with Crippen molar-refractivity contribution in [1.29, 1.82) is 0 Å². The Hall–Kier alpha value is -2.71. The van der Waals surface area contributed by atoms with Crippen LogP contribution in [-0.2, 0) is 28.6 Å². The number of nitrogens with zero attached hydrogens (tertiary/aromatic N) is 1. The maximum Gasteiger partial charge on any atom is 0.306 e. The van der Waals surface area contributed by atoms with Gasteiger partial charge in [0.1, 0.15) is 12.6 Å². The number of hydrogen-bond acceptors (Lipinski definition) is 7. The maximum atomic E-state index is 12.7. The predicted octanol–water partition coefficient (Wildman–Crippen LogP) is 10.7. The van der Waals surface area contributed by atoms with E-state index in [-0.39, 0.29) is 42.7 Å². The van der Waals surface area contributed by atoms with Gasteiger partial charge in [-0.2, -0.15) is 0 Å². The van der Waals surface area contributed by atoms with Gasteiger partial charge in [0.15, 0.2) is 6.10 Å². The molecule has 0 aromatic heterocycles. The highest BCUT2D eigenvalue weighted by molar-refractivity contribution is 5.70. The number of hydrogen-bond donors (Lipinski definition) is 0. The summed E-state index contributed by atoms with van der Waals surface area (Å²) in [7, 11) is 5.40. The minimum Gasteiger partial charge on any atom is -0.544 e. The van der Waals surface area contributed by atoms with E-state index in [0.29, 0.717) is 12.8 Å².